The molecular formula is C20H23N5O2. The van der Waals surface area contributed by atoms with E-state index >= 15 is 0 Å². The third-order valence-electron chi connectivity index (χ3n) is 5.31. The number of carbonyl (C=O) groups excluding carboxylic acids is 2. The van der Waals surface area contributed by atoms with Crippen molar-refractivity contribution in [2.24, 2.45) is 0 Å². The lowest BCUT2D eigenvalue weighted by Gasteiger charge is -2.34. The van der Waals surface area contributed by atoms with E-state index in [1.54, 1.807) is 29.1 Å². The molecule has 27 heavy (non-hydrogen) atoms. The van der Waals surface area contributed by atoms with Crippen LogP contribution in [-0.4, -0.2) is 64.3 Å². The van der Waals surface area contributed by atoms with Crippen molar-refractivity contribution < 1.29 is 9.59 Å². The average Bonchev–Trinajstić information content (AvgIpc) is 2.73. The van der Waals surface area contributed by atoms with Crippen LogP contribution < -0.4 is 4.90 Å². The molecule has 3 heterocycles. The third-order valence-corrected chi connectivity index (χ3v) is 5.31. The molecule has 1 aromatic heterocycles. The lowest BCUT2D eigenvalue weighted by molar-refractivity contribution is -0.130. The van der Waals surface area contributed by atoms with Crippen LogP contribution in [0.5, 0.6) is 0 Å². The van der Waals surface area contributed by atoms with Gasteiger partial charge in [0.2, 0.25) is 11.9 Å². The van der Waals surface area contributed by atoms with Gasteiger partial charge >= 0.3 is 0 Å². The molecule has 4 rings (SSSR count). The summed E-state index contributed by atoms with van der Waals surface area (Å²) in [6.45, 7) is 5.46. The van der Waals surface area contributed by atoms with Gasteiger partial charge in [-0.2, -0.15) is 0 Å². The Bertz CT molecular complexity index is 844. The summed E-state index contributed by atoms with van der Waals surface area (Å²) < 4.78 is 0. The number of aromatic nitrogens is 2. The summed E-state index contributed by atoms with van der Waals surface area (Å²) in [5.74, 6) is 0.633. The highest BCUT2D eigenvalue weighted by Gasteiger charge is 2.24. The van der Waals surface area contributed by atoms with Crippen molar-refractivity contribution >= 4 is 17.8 Å². The van der Waals surface area contributed by atoms with E-state index in [2.05, 4.69) is 39.1 Å². The van der Waals surface area contributed by atoms with Crippen molar-refractivity contribution in [1.29, 1.82) is 0 Å². The zero-order valence-corrected chi connectivity index (χ0v) is 15.5. The van der Waals surface area contributed by atoms with Crippen molar-refractivity contribution in [3.8, 4) is 0 Å². The van der Waals surface area contributed by atoms with Gasteiger partial charge in [-0.25, -0.2) is 9.97 Å². The molecule has 2 aliphatic rings. The molecule has 2 aliphatic heterocycles. The number of fused-ring (bicyclic) bond motifs is 1. The fourth-order valence-corrected chi connectivity index (χ4v) is 3.67. The Hall–Kier alpha value is -2.96. The largest absolute Gasteiger partial charge is 0.339 e. The highest BCUT2D eigenvalue weighted by molar-refractivity contribution is 5.94. The SMILES string of the molecule is CC(=O)N1CCN(C(=O)c2cnc(N3CCc4ccccc4C3)nc2)CC1. The van der Waals surface area contributed by atoms with E-state index in [0.29, 0.717) is 37.7 Å². The minimum absolute atomic E-state index is 0.0536. The summed E-state index contributed by atoms with van der Waals surface area (Å²) in [4.78, 5) is 38.6. The van der Waals surface area contributed by atoms with Gasteiger partial charge in [0, 0.05) is 58.6 Å². The number of rotatable bonds is 2. The molecule has 1 fully saturated rings. The van der Waals surface area contributed by atoms with Crippen LogP contribution in [0.1, 0.15) is 28.4 Å². The standard InChI is InChI=1S/C20H23N5O2/c1-15(26)23-8-10-24(11-9-23)19(27)18-12-21-20(22-13-18)25-7-6-16-4-2-3-5-17(16)14-25/h2-5,12-13H,6-11,14H2,1H3. The van der Waals surface area contributed by atoms with E-state index in [4.69, 9.17) is 0 Å². The predicted octanol–water partition coefficient (Wildman–Crippen LogP) is 1.34. The predicted molar refractivity (Wildman–Crippen MR) is 101 cm³/mol. The Labute approximate surface area is 158 Å². The second-order valence-electron chi connectivity index (χ2n) is 7.01. The van der Waals surface area contributed by atoms with Crippen molar-refractivity contribution in [1.82, 2.24) is 19.8 Å². The molecule has 0 radical (unpaired) electrons. The van der Waals surface area contributed by atoms with Crippen LogP contribution in [0, 0.1) is 0 Å². The van der Waals surface area contributed by atoms with Gasteiger partial charge < -0.3 is 14.7 Å². The van der Waals surface area contributed by atoms with Crippen LogP contribution in [0.4, 0.5) is 5.95 Å². The minimum atomic E-state index is -0.0752. The van der Waals surface area contributed by atoms with Gasteiger partial charge in [-0.1, -0.05) is 24.3 Å². The van der Waals surface area contributed by atoms with Gasteiger partial charge in [-0.05, 0) is 17.5 Å². The van der Waals surface area contributed by atoms with E-state index in [1.807, 2.05) is 0 Å². The molecule has 2 amide bonds. The maximum atomic E-state index is 12.7. The number of amides is 2. The van der Waals surface area contributed by atoms with Gasteiger partial charge in [-0.15, -0.1) is 0 Å². The Kier molecular flexibility index (Phi) is 4.75. The summed E-state index contributed by atoms with van der Waals surface area (Å²) in [6, 6.07) is 8.43. The average molecular weight is 365 g/mol. The molecule has 0 bridgehead atoms. The zero-order valence-electron chi connectivity index (χ0n) is 15.5. The first kappa shape index (κ1) is 17.5. The lowest BCUT2D eigenvalue weighted by Crippen LogP contribution is -2.50. The van der Waals surface area contributed by atoms with E-state index in [9.17, 15) is 9.59 Å². The summed E-state index contributed by atoms with van der Waals surface area (Å²) in [5, 5.41) is 0. The Morgan fingerprint density at radius 1 is 0.889 bits per heavy atom. The van der Waals surface area contributed by atoms with Crippen molar-refractivity contribution in [2.45, 2.75) is 19.9 Å². The normalized spacial score (nSPS) is 16.9. The molecule has 0 spiro atoms. The van der Waals surface area contributed by atoms with Gasteiger partial charge in [-0.3, -0.25) is 9.59 Å². The van der Waals surface area contributed by atoms with Gasteiger partial charge in [0.25, 0.3) is 5.91 Å². The molecule has 1 aromatic carbocycles. The van der Waals surface area contributed by atoms with Crippen LogP contribution in [0.25, 0.3) is 0 Å². The van der Waals surface area contributed by atoms with Crippen molar-refractivity contribution in [2.75, 3.05) is 37.6 Å². The fraction of sp³-hybridized carbons (Fsp3) is 0.400. The number of benzene rings is 1. The van der Waals surface area contributed by atoms with Crippen LogP contribution in [0.15, 0.2) is 36.7 Å². The first-order chi connectivity index (χ1) is 13.1. The second kappa shape index (κ2) is 7.34. The number of nitrogens with zero attached hydrogens (tertiary/aromatic N) is 5. The fourth-order valence-electron chi connectivity index (χ4n) is 3.67. The Morgan fingerprint density at radius 3 is 2.19 bits per heavy atom. The summed E-state index contributed by atoms with van der Waals surface area (Å²) >= 11 is 0. The summed E-state index contributed by atoms with van der Waals surface area (Å²) in [5.41, 5.74) is 3.17. The molecule has 2 aromatic rings. The van der Waals surface area contributed by atoms with E-state index in [0.717, 1.165) is 19.5 Å². The highest BCUT2D eigenvalue weighted by Crippen LogP contribution is 2.21. The molecular weight excluding hydrogens is 342 g/mol. The van der Waals surface area contributed by atoms with Crippen LogP contribution in [0.3, 0.4) is 0 Å². The van der Waals surface area contributed by atoms with E-state index < -0.39 is 0 Å². The molecule has 7 nitrogen and oxygen atoms in total. The number of hydrogen-bond acceptors (Lipinski definition) is 5. The maximum absolute atomic E-state index is 12.7. The number of anilines is 1. The van der Waals surface area contributed by atoms with Crippen LogP contribution in [-0.2, 0) is 17.8 Å². The topological polar surface area (TPSA) is 69.6 Å². The Morgan fingerprint density at radius 2 is 1.52 bits per heavy atom. The molecule has 1 saturated heterocycles. The molecule has 0 unspecified atom stereocenters. The summed E-state index contributed by atoms with van der Waals surface area (Å²) in [7, 11) is 0. The minimum Gasteiger partial charge on any atom is -0.339 e. The van der Waals surface area contributed by atoms with Crippen molar-refractivity contribution in [3.05, 3.63) is 53.3 Å². The van der Waals surface area contributed by atoms with E-state index in [1.165, 1.54) is 11.1 Å². The lowest BCUT2D eigenvalue weighted by atomic mass is 10.0. The molecule has 0 atom stereocenters. The smallest absolute Gasteiger partial charge is 0.257 e. The van der Waals surface area contributed by atoms with Gasteiger partial charge in [0.1, 0.15) is 0 Å². The molecule has 7 heteroatoms. The maximum Gasteiger partial charge on any atom is 0.257 e. The zero-order chi connectivity index (χ0) is 18.8. The molecule has 0 N–H and O–H groups in total. The van der Waals surface area contributed by atoms with Gasteiger partial charge in [0.05, 0.1) is 5.56 Å². The number of carbonyl (C=O) groups is 2. The Balaban J connectivity index is 1.41. The molecule has 0 aliphatic carbocycles. The van der Waals surface area contributed by atoms with Crippen molar-refractivity contribution in [3.63, 3.8) is 0 Å². The van der Waals surface area contributed by atoms with Crippen LogP contribution in [0.2, 0.25) is 0 Å². The number of hydrogen-bond donors (Lipinski definition) is 0. The quantitative estimate of drug-likeness (QED) is 0.803. The molecule has 140 valence electrons. The van der Waals surface area contributed by atoms with E-state index in [-0.39, 0.29) is 11.8 Å². The third kappa shape index (κ3) is 3.63. The van der Waals surface area contributed by atoms with Crippen LogP contribution >= 0.6 is 0 Å². The number of piperazine rings is 1. The van der Waals surface area contributed by atoms with Gasteiger partial charge in [0.15, 0.2) is 0 Å². The first-order valence-electron chi connectivity index (χ1n) is 9.30. The molecule has 0 saturated carbocycles. The first-order valence-corrected chi connectivity index (χ1v) is 9.30. The second-order valence-corrected chi connectivity index (χ2v) is 7.01. The highest BCUT2D eigenvalue weighted by atomic mass is 16.2. The summed E-state index contributed by atoms with van der Waals surface area (Å²) in [6.07, 6.45) is 4.20. The monoisotopic (exact) mass is 365 g/mol.